The van der Waals surface area contributed by atoms with Crippen molar-refractivity contribution in [2.24, 2.45) is 0 Å². The molecule has 12 heteroatoms. The smallest absolute Gasteiger partial charge is 0.407 e. The molecular formula is C28H34N8O4. The number of nitrogens with two attached hydrogens (primary N) is 1. The topological polar surface area (TPSA) is 157 Å². The highest BCUT2D eigenvalue weighted by molar-refractivity contribution is 6.07. The van der Waals surface area contributed by atoms with Crippen molar-refractivity contribution < 1.29 is 19.1 Å². The highest BCUT2D eigenvalue weighted by Gasteiger charge is 2.24. The van der Waals surface area contributed by atoms with Crippen LogP contribution in [0.3, 0.4) is 0 Å². The van der Waals surface area contributed by atoms with E-state index in [1.165, 1.54) is 0 Å². The van der Waals surface area contributed by atoms with Crippen LogP contribution in [0.25, 0.3) is 11.3 Å². The number of carbonyl (C=O) groups is 2. The number of aromatic nitrogens is 3. The van der Waals surface area contributed by atoms with Crippen LogP contribution in [0.1, 0.15) is 36.8 Å². The van der Waals surface area contributed by atoms with Crippen molar-refractivity contribution in [2.45, 2.75) is 38.8 Å². The fourth-order valence-electron chi connectivity index (χ4n) is 4.69. The van der Waals surface area contributed by atoms with E-state index in [1.807, 2.05) is 45.0 Å². The predicted octanol–water partition coefficient (Wildman–Crippen LogP) is 3.07. The summed E-state index contributed by atoms with van der Waals surface area (Å²) in [7, 11) is 0. The van der Waals surface area contributed by atoms with E-state index < -0.39 is 17.6 Å². The second-order valence-electron chi connectivity index (χ2n) is 10.7. The summed E-state index contributed by atoms with van der Waals surface area (Å²) in [5.74, 6) is -0.449. The number of fused-ring (bicyclic) bond motifs is 1. The average Bonchev–Trinajstić information content (AvgIpc) is 2.92. The molecule has 3 aromatic rings. The summed E-state index contributed by atoms with van der Waals surface area (Å²) in [5.41, 5.74) is 10.2. The molecule has 1 fully saturated rings. The lowest BCUT2D eigenvalue weighted by Crippen LogP contribution is -2.45. The van der Waals surface area contributed by atoms with Crippen molar-refractivity contribution >= 4 is 34.9 Å². The Hall–Kier alpha value is -4.45. The molecule has 1 saturated heterocycles. The molecule has 2 amide bonds. The lowest BCUT2D eigenvalue weighted by Gasteiger charge is -2.30. The van der Waals surface area contributed by atoms with Crippen molar-refractivity contribution in [1.29, 1.82) is 0 Å². The zero-order chi connectivity index (χ0) is 28.3. The van der Waals surface area contributed by atoms with Gasteiger partial charge in [-0.15, -0.1) is 0 Å². The van der Waals surface area contributed by atoms with Crippen LogP contribution in [0.15, 0.2) is 42.9 Å². The fourth-order valence-corrected chi connectivity index (χ4v) is 4.69. The monoisotopic (exact) mass is 546 g/mol. The van der Waals surface area contributed by atoms with E-state index in [9.17, 15) is 9.59 Å². The third-order valence-corrected chi connectivity index (χ3v) is 6.54. The molecule has 0 aliphatic carbocycles. The number of nitrogens with one attached hydrogen (secondary N) is 3. The highest BCUT2D eigenvalue weighted by Crippen LogP contribution is 2.29. The van der Waals surface area contributed by atoms with E-state index in [0.717, 1.165) is 22.5 Å². The van der Waals surface area contributed by atoms with E-state index >= 15 is 0 Å². The van der Waals surface area contributed by atoms with Crippen LogP contribution in [0, 0.1) is 0 Å². The van der Waals surface area contributed by atoms with Gasteiger partial charge in [-0.1, -0.05) is 6.07 Å². The van der Waals surface area contributed by atoms with Gasteiger partial charge in [-0.25, -0.2) is 14.8 Å². The fraction of sp³-hybridized carbons (Fsp3) is 0.393. The van der Waals surface area contributed by atoms with Gasteiger partial charge in [0.25, 0.3) is 5.91 Å². The molecule has 1 aromatic carbocycles. The number of benzene rings is 1. The number of ether oxygens (including phenoxy) is 2. The quantitative estimate of drug-likeness (QED) is 0.375. The van der Waals surface area contributed by atoms with Gasteiger partial charge in [-0.2, -0.15) is 0 Å². The van der Waals surface area contributed by atoms with E-state index in [1.54, 1.807) is 18.6 Å². The van der Waals surface area contributed by atoms with E-state index in [0.29, 0.717) is 50.7 Å². The number of morpholine rings is 1. The Bertz CT molecular complexity index is 1400. The molecule has 12 nitrogen and oxygen atoms in total. The van der Waals surface area contributed by atoms with Gasteiger partial charge < -0.3 is 36.1 Å². The second kappa shape index (κ2) is 11.3. The Balaban J connectivity index is 1.33. The minimum absolute atomic E-state index is 0.0228. The second-order valence-corrected chi connectivity index (χ2v) is 10.7. The number of nitrogen functional groups attached to an aromatic ring is 1. The van der Waals surface area contributed by atoms with Gasteiger partial charge in [0.1, 0.15) is 5.60 Å². The largest absolute Gasteiger partial charge is 0.444 e. The first-order chi connectivity index (χ1) is 19.2. The normalized spacial score (nSPS) is 16.9. The lowest BCUT2D eigenvalue weighted by atomic mass is 9.96. The first-order valence-corrected chi connectivity index (χ1v) is 13.2. The molecule has 0 radical (unpaired) electrons. The number of alkyl carbamates (subject to hydrolysis) is 1. The molecular weight excluding hydrogens is 512 g/mol. The van der Waals surface area contributed by atoms with E-state index in [2.05, 4.69) is 35.8 Å². The van der Waals surface area contributed by atoms with Crippen molar-refractivity contribution in [1.82, 2.24) is 20.3 Å². The van der Waals surface area contributed by atoms with Crippen LogP contribution in [0.5, 0.6) is 0 Å². The van der Waals surface area contributed by atoms with Gasteiger partial charge in [0.2, 0.25) is 0 Å². The zero-order valence-corrected chi connectivity index (χ0v) is 22.9. The minimum Gasteiger partial charge on any atom is -0.444 e. The molecule has 210 valence electrons. The summed E-state index contributed by atoms with van der Waals surface area (Å²) in [5, 5.41) is 9.18. The predicted molar refractivity (Wildman–Crippen MR) is 152 cm³/mol. The molecule has 40 heavy (non-hydrogen) atoms. The maximum Gasteiger partial charge on any atom is 0.407 e. The van der Waals surface area contributed by atoms with Gasteiger partial charge in [-0.05, 0) is 51.0 Å². The first kappa shape index (κ1) is 27.1. The Morgan fingerprint density at radius 2 is 1.98 bits per heavy atom. The molecule has 1 unspecified atom stereocenters. The van der Waals surface area contributed by atoms with Crippen molar-refractivity contribution in [3.63, 3.8) is 0 Å². The SMILES string of the molecule is CC(C)(C)OC(=O)NC1CNc2ccc(-c3cnc(N)c(C(=O)Nc4cnccc4N4CCOCC4)n3)cc2C1. The number of carbonyl (C=O) groups excluding carboxylic acids is 2. The van der Waals surface area contributed by atoms with Crippen LogP contribution in [0.2, 0.25) is 0 Å². The molecule has 2 aromatic heterocycles. The summed E-state index contributed by atoms with van der Waals surface area (Å²) in [4.78, 5) is 40.7. The number of pyridine rings is 1. The Morgan fingerprint density at radius 1 is 1.18 bits per heavy atom. The summed E-state index contributed by atoms with van der Waals surface area (Å²) in [6, 6.07) is 7.56. The average molecular weight is 547 g/mol. The summed E-state index contributed by atoms with van der Waals surface area (Å²) < 4.78 is 10.8. The molecule has 5 N–H and O–H groups in total. The summed E-state index contributed by atoms with van der Waals surface area (Å²) in [6.45, 7) is 8.73. The number of rotatable bonds is 5. The van der Waals surface area contributed by atoms with Crippen molar-refractivity contribution in [3.8, 4) is 11.3 Å². The maximum atomic E-state index is 13.3. The Morgan fingerprint density at radius 3 is 2.75 bits per heavy atom. The minimum atomic E-state index is -0.573. The van der Waals surface area contributed by atoms with E-state index in [4.69, 9.17) is 15.2 Å². The van der Waals surface area contributed by atoms with Crippen molar-refractivity contribution in [2.75, 3.05) is 54.1 Å². The molecule has 2 aliphatic heterocycles. The highest BCUT2D eigenvalue weighted by atomic mass is 16.6. The van der Waals surface area contributed by atoms with Gasteiger partial charge >= 0.3 is 6.09 Å². The van der Waals surface area contributed by atoms with Crippen LogP contribution in [0.4, 0.5) is 27.7 Å². The van der Waals surface area contributed by atoms with E-state index in [-0.39, 0.29) is 17.6 Å². The number of amides is 2. The number of hydrogen-bond donors (Lipinski definition) is 4. The van der Waals surface area contributed by atoms with Crippen LogP contribution in [-0.4, -0.2) is 71.4 Å². The molecule has 0 bridgehead atoms. The Labute approximate surface area is 232 Å². The van der Waals surface area contributed by atoms with Crippen LogP contribution >= 0.6 is 0 Å². The first-order valence-electron chi connectivity index (χ1n) is 13.2. The molecule has 1 atom stereocenters. The third-order valence-electron chi connectivity index (χ3n) is 6.54. The van der Waals surface area contributed by atoms with Gasteiger partial charge in [-0.3, -0.25) is 9.78 Å². The zero-order valence-electron chi connectivity index (χ0n) is 22.9. The number of hydrogen-bond acceptors (Lipinski definition) is 10. The molecule has 0 saturated carbocycles. The standard InChI is InChI=1S/C28H34N8O4/c1-28(2,3)40-27(38)33-19-13-18-12-17(4-5-20(18)31-14-19)21-16-32-25(29)24(34-21)26(37)35-22-15-30-7-6-23(22)36-8-10-39-11-9-36/h4-7,12,15-16,19,31H,8-11,13-14H2,1-3H3,(H2,29,32)(H,33,38)(H,35,37). The molecule has 4 heterocycles. The summed E-state index contributed by atoms with van der Waals surface area (Å²) in [6.07, 6.45) is 4.99. The van der Waals surface area contributed by atoms with Crippen LogP contribution < -0.4 is 26.6 Å². The molecule has 0 spiro atoms. The Kier molecular flexibility index (Phi) is 7.69. The van der Waals surface area contributed by atoms with Gasteiger partial charge in [0, 0.05) is 37.1 Å². The molecule has 2 aliphatic rings. The third kappa shape index (κ3) is 6.40. The number of anilines is 4. The number of nitrogens with zero attached hydrogens (tertiary/aromatic N) is 4. The molecule has 5 rings (SSSR count). The maximum absolute atomic E-state index is 13.3. The summed E-state index contributed by atoms with van der Waals surface area (Å²) >= 11 is 0. The van der Waals surface area contributed by atoms with Gasteiger partial charge in [0.05, 0.1) is 48.7 Å². The van der Waals surface area contributed by atoms with Gasteiger partial charge in [0.15, 0.2) is 11.5 Å². The lowest BCUT2D eigenvalue weighted by molar-refractivity contribution is 0.0506. The van der Waals surface area contributed by atoms with Crippen LogP contribution in [-0.2, 0) is 15.9 Å². The van der Waals surface area contributed by atoms with Crippen molar-refractivity contribution in [3.05, 3.63) is 54.1 Å².